The molecular weight excluding hydrogens is 316 g/mol. The molecule has 0 unspecified atom stereocenters. The Balaban J connectivity index is 2.33. The summed E-state index contributed by atoms with van der Waals surface area (Å²) in [4.78, 5) is 20.1. The number of rotatable bonds is 5. The van der Waals surface area contributed by atoms with E-state index < -0.39 is 5.97 Å². The molecule has 0 bridgehead atoms. The van der Waals surface area contributed by atoms with Crippen LogP contribution in [0.4, 0.5) is 0 Å². The Morgan fingerprint density at radius 2 is 2.05 bits per heavy atom. The molecule has 0 aliphatic heterocycles. The third kappa shape index (κ3) is 3.47. The summed E-state index contributed by atoms with van der Waals surface area (Å²) in [5.74, 6) is -0.461. The van der Waals surface area contributed by atoms with Crippen LogP contribution in [0.5, 0.6) is 0 Å². The predicted molar refractivity (Wildman–Crippen MR) is 78.9 cm³/mol. The molecule has 106 valence electrons. The van der Waals surface area contributed by atoms with Crippen molar-refractivity contribution < 1.29 is 9.90 Å². The van der Waals surface area contributed by atoms with Crippen molar-refractivity contribution in [2.75, 3.05) is 6.26 Å². The lowest BCUT2D eigenvalue weighted by Gasteiger charge is -2.07. The summed E-state index contributed by atoms with van der Waals surface area (Å²) in [6.07, 6.45) is 3.45. The molecule has 2 heterocycles. The van der Waals surface area contributed by atoms with E-state index in [1.807, 2.05) is 20.1 Å². The van der Waals surface area contributed by atoms with Crippen LogP contribution in [0, 0.1) is 0 Å². The molecule has 1 N–H and O–H groups in total. The monoisotopic (exact) mass is 328 g/mol. The van der Waals surface area contributed by atoms with E-state index in [4.69, 9.17) is 0 Å². The Labute approximate surface area is 128 Å². The standard InChI is InChI=1S/C11H12N4O2S3/c1-5(2)8-12-4-6(7(13-8)9(16)17)19-11-15-14-10(18-3)20-11/h4-5H,1-3H3,(H,16,17). The maximum atomic E-state index is 11.3. The topological polar surface area (TPSA) is 88.9 Å². The molecular formula is C11H12N4O2S3. The van der Waals surface area contributed by atoms with Gasteiger partial charge in [0.25, 0.3) is 0 Å². The summed E-state index contributed by atoms with van der Waals surface area (Å²) in [6, 6.07) is 0. The number of hydrogen-bond acceptors (Lipinski definition) is 8. The summed E-state index contributed by atoms with van der Waals surface area (Å²) in [7, 11) is 0. The second-order valence-electron chi connectivity index (χ2n) is 4.04. The number of carboxylic acids is 1. The van der Waals surface area contributed by atoms with Gasteiger partial charge in [-0.2, -0.15) is 0 Å². The van der Waals surface area contributed by atoms with Gasteiger partial charge in [-0.25, -0.2) is 14.8 Å². The lowest BCUT2D eigenvalue weighted by atomic mass is 10.2. The largest absolute Gasteiger partial charge is 0.476 e. The van der Waals surface area contributed by atoms with E-state index in [0.29, 0.717) is 15.1 Å². The fourth-order valence-electron chi connectivity index (χ4n) is 1.31. The summed E-state index contributed by atoms with van der Waals surface area (Å²) < 4.78 is 1.52. The van der Waals surface area contributed by atoms with Crippen LogP contribution in [0.3, 0.4) is 0 Å². The Hall–Kier alpha value is -1.19. The highest BCUT2D eigenvalue weighted by molar-refractivity contribution is 8.03. The summed E-state index contributed by atoms with van der Waals surface area (Å²) in [6.45, 7) is 3.84. The van der Waals surface area contributed by atoms with Gasteiger partial charge in [-0.1, -0.05) is 48.7 Å². The van der Waals surface area contributed by atoms with E-state index in [0.717, 1.165) is 4.34 Å². The lowest BCUT2D eigenvalue weighted by Crippen LogP contribution is -2.08. The van der Waals surface area contributed by atoms with Gasteiger partial charge in [0, 0.05) is 12.1 Å². The molecule has 2 aromatic rings. The fourth-order valence-corrected chi connectivity index (χ4v) is 3.75. The maximum Gasteiger partial charge on any atom is 0.355 e. The van der Waals surface area contributed by atoms with Crippen LogP contribution < -0.4 is 0 Å². The highest BCUT2D eigenvalue weighted by atomic mass is 32.2. The Morgan fingerprint density at radius 3 is 2.60 bits per heavy atom. The summed E-state index contributed by atoms with van der Waals surface area (Å²) in [5, 5.41) is 17.2. The number of carboxylic acid groups (broad SMARTS) is 1. The van der Waals surface area contributed by atoms with E-state index >= 15 is 0 Å². The summed E-state index contributed by atoms with van der Waals surface area (Å²) in [5.41, 5.74) is 0.00889. The normalized spacial score (nSPS) is 11.0. The summed E-state index contributed by atoms with van der Waals surface area (Å²) >= 11 is 4.14. The minimum absolute atomic E-state index is 0.00889. The highest BCUT2D eigenvalue weighted by Gasteiger charge is 2.18. The van der Waals surface area contributed by atoms with E-state index in [9.17, 15) is 9.90 Å². The average Bonchev–Trinajstić information content (AvgIpc) is 2.86. The quantitative estimate of drug-likeness (QED) is 0.838. The zero-order chi connectivity index (χ0) is 14.7. The maximum absolute atomic E-state index is 11.3. The van der Waals surface area contributed by atoms with Gasteiger partial charge in [0.05, 0.1) is 4.90 Å². The number of aromatic nitrogens is 4. The molecule has 0 saturated carbocycles. The van der Waals surface area contributed by atoms with Gasteiger partial charge in [-0.15, -0.1) is 10.2 Å². The van der Waals surface area contributed by atoms with Crippen LogP contribution >= 0.6 is 34.9 Å². The number of thioether (sulfide) groups is 1. The first-order valence-electron chi connectivity index (χ1n) is 5.66. The van der Waals surface area contributed by atoms with Crippen molar-refractivity contribution in [3.05, 3.63) is 17.7 Å². The SMILES string of the molecule is CSc1nnc(Sc2cnc(C(C)C)nc2C(=O)O)s1. The molecule has 0 aromatic carbocycles. The average molecular weight is 328 g/mol. The van der Waals surface area contributed by atoms with Gasteiger partial charge >= 0.3 is 5.97 Å². The van der Waals surface area contributed by atoms with E-state index in [2.05, 4.69) is 20.2 Å². The van der Waals surface area contributed by atoms with Crippen molar-refractivity contribution >= 4 is 40.8 Å². The molecule has 0 spiro atoms. The molecule has 0 radical (unpaired) electrons. The highest BCUT2D eigenvalue weighted by Crippen LogP contribution is 2.34. The molecule has 20 heavy (non-hydrogen) atoms. The van der Waals surface area contributed by atoms with Crippen molar-refractivity contribution in [2.45, 2.75) is 33.3 Å². The van der Waals surface area contributed by atoms with Crippen molar-refractivity contribution in [1.82, 2.24) is 20.2 Å². The van der Waals surface area contributed by atoms with E-state index in [1.165, 1.54) is 41.1 Å². The zero-order valence-corrected chi connectivity index (χ0v) is 13.5. The first kappa shape index (κ1) is 15.2. The number of carbonyl (C=O) groups is 1. The number of nitrogens with zero attached hydrogens (tertiary/aromatic N) is 4. The van der Waals surface area contributed by atoms with E-state index in [-0.39, 0.29) is 11.6 Å². The molecule has 9 heteroatoms. The molecule has 2 rings (SSSR count). The second kappa shape index (κ2) is 6.51. The molecule has 0 atom stereocenters. The van der Waals surface area contributed by atoms with Gasteiger partial charge in [-0.3, -0.25) is 0 Å². The van der Waals surface area contributed by atoms with Gasteiger partial charge in [0.15, 0.2) is 14.4 Å². The van der Waals surface area contributed by atoms with Gasteiger partial charge < -0.3 is 5.11 Å². The van der Waals surface area contributed by atoms with E-state index in [1.54, 1.807) is 0 Å². The predicted octanol–water partition coefficient (Wildman–Crippen LogP) is 3.02. The first-order valence-corrected chi connectivity index (χ1v) is 8.52. The van der Waals surface area contributed by atoms with Crippen molar-refractivity contribution in [3.63, 3.8) is 0 Å². The van der Waals surface area contributed by atoms with Crippen LogP contribution in [0.1, 0.15) is 36.1 Å². The molecule has 2 aromatic heterocycles. The molecule has 0 aliphatic carbocycles. The Kier molecular flexibility index (Phi) is 4.95. The van der Waals surface area contributed by atoms with Crippen LogP contribution in [0.25, 0.3) is 0 Å². The number of aromatic carboxylic acids is 1. The van der Waals surface area contributed by atoms with Crippen LogP contribution in [0.15, 0.2) is 19.8 Å². The Bertz CT molecular complexity index is 630. The van der Waals surface area contributed by atoms with Gasteiger partial charge in [-0.05, 0) is 6.26 Å². The minimum Gasteiger partial charge on any atom is -0.476 e. The zero-order valence-electron chi connectivity index (χ0n) is 11.0. The van der Waals surface area contributed by atoms with Crippen molar-refractivity contribution in [3.8, 4) is 0 Å². The Morgan fingerprint density at radius 1 is 1.35 bits per heavy atom. The van der Waals surface area contributed by atoms with Crippen molar-refractivity contribution in [2.24, 2.45) is 0 Å². The molecule has 6 nitrogen and oxygen atoms in total. The molecule has 0 fully saturated rings. The smallest absolute Gasteiger partial charge is 0.355 e. The molecule has 0 saturated heterocycles. The first-order chi connectivity index (χ1) is 9.51. The number of hydrogen-bond donors (Lipinski definition) is 1. The van der Waals surface area contributed by atoms with Gasteiger partial charge in [0.1, 0.15) is 5.82 Å². The van der Waals surface area contributed by atoms with Crippen LogP contribution in [0.2, 0.25) is 0 Å². The third-order valence-electron chi connectivity index (χ3n) is 2.25. The molecule has 0 aliphatic rings. The fraction of sp³-hybridized carbons (Fsp3) is 0.364. The third-order valence-corrected chi connectivity index (χ3v) is 5.22. The van der Waals surface area contributed by atoms with Crippen LogP contribution in [-0.2, 0) is 0 Å². The van der Waals surface area contributed by atoms with Gasteiger partial charge in [0.2, 0.25) is 0 Å². The lowest BCUT2D eigenvalue weighted by molar-refractivity contribution is 0.0685. The molecule has 0 amide bonds. The second-order valence-corrected chi connectivity index (χ2v) is 7.36. The minimum atomic E-state index is -1.06. The van der Waals surface area contributed by atoms with Crippen molar-refractivity contribution in [1.29, 1.82) is 0 Å². The van der Waals surface area contributed by atoms with Crippen LogP contribution in [-0.4, -0.2) is 37.5 Å².